The number of hydrogen-bond donors (Lipinski definition) is 1. The van der Waals surface area contributed by atoms with Crippen molar-refractivity contribution in [2.75, 3.05) is 0 Å². The lowest BCUT2D eigenvalue weighted by molar-refractivity contribution is -0.118. The molecule has 4 rings (SSSR count). The van der Waals surface area contributed by atoms with E-state index < -0.39 is 0 Å². The SMILES string of the molecule is C[C@]12C[C@H](O)CCC1C[C@H]1[C@@H](CC[C@@]3(C)CC(=O)C[C@H]13)C2. The highest BCUT2D eigenvalue weighted by Gasteiger charge is 2.56. The Morgan fingerprint density at radius 3 is 2.71 bits per heavy atom. The third-order valence-corrected chi connectivity index (χ3v) is 7.97. The predicted molar refractivity (Wildman–Crippen MR) is 82.7 cm³/mol. The molecule has 0 aromatic carbocycles. The highest BCUT2D eigenvalue weighted by atomic mass is 16.3. The quantitative estimate of drug-likeness (QED) is 0.733. The van der Waals surface area contributed by atoms with Crippen LogP contribution in [-0.4, -0.2) is 17.0 Å². The van der Waals surface area contributed by atoms with Crippen LogP contribution in [0.25, 0.3) is 0 Å². The van der Waals surface area contributed by atoms with Gasteiger partial charge >= 0.3 is 0 Å². The van der Waals surface area contributed by atoms with Crippen LogP contribution < -0.4 is 0 Å². The normalized spacial score (nSPS) is 56.5. The summed E-state index contributed by atoms with van der Waals surface area (Å²) in [6.45, 7) is 4.82. The second-order valence-electron chi connectivity index (χ2n) is 9.37. The zero-order chi connectivity index (χ0) is 14.8. The Morgan fingerprint density at radius 2 is 1.90 bits per heavy atom. The summed E-state index contributed by atoms with van der Waals surface area (Å²) in [6.07, 6.45) is 10.1. The summed E-state index contributed by atoms with van der Waals surface area (Å²) in [4.78, 5) is 12.0. The maximum Gasteiger partial charge on any atom is 0.133 e. The molecule has 0 radical (unpaired) electrons. The number of hydrogen-bond acceptors (Lipinski definition) is 2. The molecule has 21 heavy (non-hydrogen) atoms. The molecule has 2 nitrogen and oxygen atoms in total. The molecule has 0 amide bonds. The average molecular weight is 290 g/mol. The van der Waals surface area contributed by atoms with Crippen LogP contribution in [0.4, 0.5) is 0 Å². The zero-order valence-corrected chi connectivity index (χ0v) is 13.6. The van der Waals surface area contributed by atoms with Crippen molar-refractivity contribution in [2.24, 2.45) is 34.5 Å². The lowest BCUT2D eigenvalue weighted by Crippen LogP contribution is -2.49. The van der Waals surface area contributed by atoms with Crippen molar-refractivity contribution in [2.45, 2.75) is 77.7 Å². The van der Waals surface area contributed by atoms with Crippen LogP contribution >= 0.6 is 0 Å². The molecular formula is C19H30O2. The molecule has 118 valence electrons. The first-order valence-electron chi connectivity index (χ1n) is 9.09. The molecule has 4 fully saturated rings. The van der Waals surface area contributed by atoms with Gasteiger partial charge in [0.1, 0.15) is 5.78 Å². The van der Waals surface area contributed by atoms with Crippen LogP contribution in [0.15, 0.2) is 0 Å². The van der Waals surface area contributed by atoms with E-state index in [2.05, 4.69) is 13.8 Å². The van der Waals surface area contributed by atoms with Crippen LogP contribution in [-0.2, 0) is 4.79 Å². The van der Waals surface area contributed by atoms with Gasteiger partial charge in [-0.3, -0.25) is 4.79 Å². The molecule has 4 aliphatic carbocycles. The van der Waals surface area contributed by atoms with Crippen LogP contribution in [0.2, 0.25) is 0 Å². The van der Waals surface area contributed by atoms with E-state index in [4.69, 9.17) is 0 Å². The maximum absolute atomic E-state index is 12.0. The molecule has 0 spiro atoms. The number of carbonyl (C=O) groups excluding carboxylic acids is 1. The van der Waals surface area contributed by atoms with Gasteiger partial charge in [-0.15, -0.1) is 0 Å². The minimum absolute atomic E-state index is 0.0651. The fourth-order valence-electron chi connectivity index (χ4n) is 6.88. The topological polar surface area (TPSA) is 37.3 Å². The van der Waals surface area contributed by atoms with Gasteiger partial charge in [0.05, 0.1) is 6.10 Å². The summed E-state index contributed by atoms with van der Waals surface area (Å²) in [5, 5.41) is 10.1. The van der Waals surface area contributed by atoms with Crippen LogP contribution in [0.3, 0.4) is 0 Å². The number of Topliss-reactive ketones (excluding diaryl/α,β-unsaturated/α-hetero) is 1. The van der Waals surface area contributed by atoms with Crippen molar-refractivity contribution < 1.29 is 9.90 Å². The summed E-state index contributed by atoms with van der Waals surface area (Å²) < 4.78 is 0. The molecule has 7 atom stereocenters. The zero-order valence-electron chi connectivity index (χ0n) is 13.6. The average Bonchev–Trinajstić information content (AvgIpc) is 2.70. The molecule has 4 saturated carbocycles. The van der Waals surface area contributed by atoms with Gasteiger partial charge < -0.3 is 5.11 Å². The van der Waals surface area contributed by atoms with Gasteiger partial charge in [0.2, 0.25) is 0 Å². The van der Waals surface area contributed by atoms with E-state index in [-0.39, 0.29) is 6.10 Å². The number of aliphatic hydroxyl groups is 1. The van der Waals surface area contributed by atoms with E-state index in [1.165, 1.54) is 32.1 Å². The third-order valence-electron chi connectivity index (χ3n) is 7.97. The van der Waals surface area contributed by atoms with Crippen molar-refractivity contribution in [3.63, 3.8) is 0 Å². The molecule has 2 heteroatoms. The first-order chi connectivity index (χ1) is 9.90. The van der Waals surface area contributed by atoms with Crippen LogP contribution in [0.1, 0.15) is 71.6 Å². The summed E-state index contributed by atoms with van der Waals surface area (Å²) >= 11 is 0. The number of ketones is 1. The van der Waals surface area contributed by atoms with Gasteiger partial charge in [0.15, 0.2) is 0 Å². The lowest BCUT2D eigenvalue weighted by Gasteiger charge is -2.57. The Balaban J connectivity index is 1.59. The Hall–Kier alpha value is -0.370. The Labute approximate surface area is 128 Å². The second-order valence-corrected chi connectivity index (χ2v) is 9.37. The molecule has 1 unspecified atom stereocenters. The van der Waals surface area contributed by atoms with Crippen molar-refractivity contribution in [1.82, 2.24) is 0 Å². The van der Waals surface area contributed by atoms with Gasteiger partial charge in [0.25, 0.3) is 0 Å². The largest absolute Gasteiger partial charge is 0.393 e. The van der Waals surface area contributed by atoms with Gasteiger partial charge in [-0.1, -0.05) is 13.8 Å². The van der Waals surface area contributed by atoms with Crippen LogP contribution in [0, 0.1) is 34.5 Å². The van der Waals surface area contributed by atoms with Gasteiger partial charge in [-0.2, -0.15) is 0 Å². The number of rotatable bonds is 0. The number of aliphatic hydroxyl groups excluding tert-OH is 1. The summed E-state index contributed by atoms with van der Waals surface area (Å²) in [7, 11) is 0. The summed E-state index contributed by atoms with van der Waals surface area (Å²) in [6, 6.07) is 0. The number of carbonyl (C=O) groups is 1. The molecule has 0 aromatic rings. The van der Waals surface area contributed by atoms with Gasteiger partial charge in [-0.05, 0) is 79.4 Å². The molecule has 1 N–H and O–H groups in total. The standard InChI is InChI=1S/C19H30O2/c1-18-6-5-12-9-19(2)10-14(20)4-3-13(19)7-16(12)17(18)8-15(21)11-18/h12-14,16-17,20H,3-11H2,1-2H3/t12-,13?,14+,16-,17+,18-,19-/m0/s1. The van der Waals surface area contributed by atoms with E-state index in [0.29, 0.717) is 22.5 Å². The molecule has 0 aliphatic heterocycles. The molecule has 4 aliphatic rings. The smallest absolute Gasteiger partial charge is 0.133 e. The van der Waals surface area contributed by atoms with Crippen molar-refractivity contribution in [1.29, 1.82) is 0 Å². The second kappa shape index (κ2) is 4.57. The Bertz CT molecular complexity index is 458. The first-order valence-corrected chi connectivity index (χ1v) is 9.09. The number of fused-ring (bicyclic) bond motifs is 4. The molecule has 0 heterocycles. The first kappa shape index (κ1) is 14.2. The van der Waals surface area contributed by atoms with Gasteiger partial charge in [0, 0.05) is 12.8 Å². The lowest BCUT2D eigenvalue weighted by atomic mass is 9.48. The predicted octanol–water partition coefficient (Wildman–Crippen LogP) is 3.96. The fraction of sp³-hybridized carbons (Fsp3) is 0.947. The van der Waals surface area contributed by atoms with Crippen molar-refractivity contribution in [3.8, 4) is 0 Å². The highest BCUT2D eigenvalue weighted by Crippen LogP contribution is 2.63. The Morgan fingerprint density at radius 1 is 1.10 bits per heavy atom. The molecule has 0 aromatic heterocycles. The Kier molecular flexibility index (Phi) is 3.10. The van der Waals surface area contributed by atoms with E-state index in [9.17, 15) is 9.90 Å². The minimum Gasteiger partial charge on any atom is -0.393 e. The molecule has 0 bridgehead atoms. The van der Waals surface area contributed by atoms with Crippen molar-refractivity contribution >= 4 is 5.78 Å². The molecular weight excluding hydrogens is 260 g/mol. The van der Waals surface area contributed by atoms with E-state index in [1.54, 1.807) is 0 Å². The highest BCUT2D eigenvalue weighted by molar-refractivity contribution is 5.82. The van der Waals surface area contributed by atoms with E-state index in [1.807, 2.05) is 0 Å². The van der Waals surface area contributed by atoms with Gasteiger partial charge in [-0.25, -0.2) is 0 Å². The maximum atomic E-state index is 12.0. The fourth-order valence-corrected chi connectivity index (χ4v) is 6.88. The third kappa shape index (κ3) is 2.12. The summed E-state index contributed by atoms with van der Waals surface area (Å²) in [5.74, 6) is 3.60. The van der Waals surface area contributed by atoms with E-state index >= 15 is 0 Å². The van der Waals surface area contributed by atoms with Crippen LogP contribution in [0.5, 0.6) is 0 Å². The van der Waals surface area contributed by atoms with E-state index in [0.717, 1.165) is 43.4 Å². The molecule has 0 saturated heterocycles. The van der Waals surface area contributed by atoms with Crippen molar-refractivity contribution in [3.05, 3.63) is 0 Å². The summed E-state index contributed by atoms with van der Waals surface area (Å²) in [5.41, 5.74) is 0.690. The monoisotopic (exact) mass is 290 g/mol. The minimum atomic E-state index is -0.0651.